The number of rotatable bonds is 5. The summed E-state index contributed by atoms with van der Waals surface area (Å²) in [6, 6.07) is 13.9. The van der Waals surface area contributed by atoms with Gasteiger partial charge >= 0.3 is 6.09 Å². The first kappa shape index (κ1) is 20.9. The number of benzene rings is 2. The SMILES string of the molecule is CC(C)(C)OC(=O)n1cc(C[C@@H](O)[C@@H](O)Cc2ccc(O)cc2)c2ccccc21. The van der Waals surface area contributed by atoms with Crippen LogP contribution in [0.15, 0.2) is 54.7 Å². The molecule has 2 atom stereocenters. The van der Waals surface area contributed by atoms with Gasteiger partial charge in [-0.25, -0.2) is 4.79 Å². The van der Waals surface area contributed by atoms with E-state index in [4.69, 9.17) is 4.74 Å². The highest BCUT2D eigenvalue weighted by atomic mass is 16.6. The molecule has 1 aromatic heterocycles. The first-order chi connectivity index (χ1) is 13.6. The summed E-state index contributed by atoms with van der Waals surface area (Å²) in [6.45, 7) is 5.42. The molecule has 0 spiro atoms. The molecule has 0 aliphatic rings. The van der Waals surface area contributed by atoms with E-state index in [-0.39, 0.29) is 18.6 Å². The summed E-state index contributed by atoms with van der Waals surface area (Å²) in [4.78, 5) is 12.6. The van der Waals surface area contributed by atoms with Crippen molar-refractivity contribution in [3.63, 3.8) is 0 Å². The third-order valence-electron chi connectivity index (χ3n) is 4.64. The fourth-order valence-electron chi connectivity index (χ4n) is 3.25. The minimum absolute atomic E-state index is 0.152. The van der Waals surface area contributed by atoms with Gasteiger partial charge in [-0.1, -0.05) is 30.3 Å². The Morgan fingerprint density at radius 3 is 2.28 bits per heavy atom. The smallest absolute Gasteiger partial charge is 0.419 e. The molecule has 6 nitrogen and oxygen atoms in total. The van der Waals surface area contributed by atoms with Crippen molar-refractivity contribution in [3.05, 3.63) is 65.9 Å². The quantitative estimate of drug-likeness (QED) is 0.611. The summed E-state index contributed by atoms with van der Waals surface area (Å²) in [5.41, 5.74) is 1.63. The second-order valence-corrected chi connectivity index (χ2v) is 8.23. The van der Waals surface area contributed by atoms with Gasteiger partial charge in [0.15, 0.2) is 0 Å². The molecule has 29 heavy (non-hydrogen) atoms. The van der Waals surface area contributed by atoms with Gasteiger partial charge in [0.1, 0.15) is 11.4 Å². The van der Waals surface area contributed by atoms with Crippen LogP contribution in [0.3, 0.4) is 0 Å². The summed E-state index contributed by atoms with van der Waals surface area (Å²) in [7, 11) is 0. The van der Waals surface area contributed by atoms with Gasteiger partial charge in [0, 0.05) is 24.4 Å². The lowest BCUT2D eigenvalue weighted by molar-refractivity contribution is 0.0207. The number of aromatic hydroxyl groups is 1. The highest BCUT2D eigenvalue weighted by Crippen LogP contribution is 2.25. The molecule has 3 aromatic rings. The van der Waals surface area contributed by atoms with Crippen LogP contribution in [0.5, 0.6) is 5.75 Å². The van der Waals surface area contributed by atoms with Gasteiger partial charge in [0.05, 0.1) is 17.7 Å². The van der Waals surface area contributed by atoms with Gasteiger partial charge in [-0.05, 0) is 50.1 Å². The van der Waals surface area contributed by atoms with Crippen LogP contribution in [0.25, 0.3) is 10.9 Å². The van der Waals surface area contributed by atoms with E-state index in [0.717, 1.165) is 16.5 Å². The van der Waals surface area contributed by atoms with E-state index in [1.54, 1.807) is 51.2 Å². The molecule has 3 N–H and O–H groups in total. The number of para-hydroxylation sites is 1. The van der Waals surface area contributed by atoms with Gasteiger partial charge in [-0.3, -0.25) is 4.57 Å². The van der Waals surface area contributed by atoms with E-state index < -0.39 is 23.9 Å². The molecule has 0 bridgehead atoms. The molecule has 0 saturated carbocycles. The summed E-state index contributed by atoms with van der Waals surface area (Å²) >= 11 is 0. The third kappa shape index (κ3) is 5.16. The molecule has 2 aromatic carbocycles. The molecular weight excluding hydrogens is 370 g/mol. The average Bonchev–Trinajstić information content (AvgIpc) is 3.01. The number of phenols is 1. The minimum Gasteiger partial charge on any atom is -0.508 e. The number of carbonyl (C=O) groups excluding carboxylic acids is 1. The van der Waals surface area contributed by atoms with Crippen molar-refractivity contribution in [2.24, 2.45) is 0 Å². The number of carbonyl (C=O) groups is 1. The number of aliphatic hydroxyl groups is 2. The highest BCUT2D eigenvalue weighted by Gasteiger charge is 2.23. The molecule has 0 unspecified atom stereocenters. The second-order valence-electron chi connectivity index (χ2n) is 8.23. The zero-order valence-electron chi connectivity index (χ0n) is 16.9. The molecule has 154 valence electrons. The van der Waals surface area contributed by atoms with Crippen molar-refractivity contribution < 1.29 is 24.9 Å². The number of hydrogen-bond donors (Lipinski definition) is 3. The van der Waals surface area contributed by atoms with Crippen molar-refractivity contribution >= 4 is 17.0 Å². The molecule has 0 saturated heterocycles. The second kappa shape index (κ2) is 8.27. The van der Waals surface area contributed by atoms with E-state index in [1.807, 2.05) is 24.3 Å². The molecule has 0 amide bonds. The first-order valence-electron chi connectivity index (χ1n) is 9.60. The first-order valence-corrected chi connectivity index (χ1v) is 9.60. The molecular formula is C23H27NO5. The maximum Gasteiger partial charge on any atom is 0.419 e. The number of fused-ring (bicyclic) bond motifs is 1. The molecule has 1 heterocycles. The number of nitrogens with zero attached hydrogens (tertiary/aromatic N) is 1. The zero-order valence-corrected chi connectivity index (χ0v) is 16.9. The Labute approximate surface area is 170 Å². The monoisotopic (exact) mass is 397 g/mol. The molecule has 0 aliphatic carbocycles. The average molecular weight is 397 g/mol. The molecule has 3 rings (SSSR count). The predicted molar refractivity (Wildman–Crippen MR) is 111 cm³/mol. The van der Waals surface area contributed by atoms with E-state index in [1.165, 1.54) is 4.57 Å². The Morgan fingerprint density at radius 1 is 1.00 bits per heavy atom. The van der Waals surface area contributed by atoms with E-state index in [9.17, 15) is 20.1 Å². The topological polar surface area (TPSA) is 91.9 Å². The standard InChI is InChI=1S/C23H27NO5/c1-23(2,3)29-22(28)24-14-16(18-6-4-5-7-19(18)24)13-21(27)20(26)12-15-8-10-17(25)11-9-15/h4-11,14,20-21,25-27H,12-13H2,1-3H3/t20-,21+/m0/s1. The van der Waals surface area contributed by atoms with Crippen molar-refractivity contribution in [2.75, 3.05) is 0 Å². The van der Waals surface area contributed by atoms with Crippen LogP contribution < -0.4 is 0 Å². The predicted octanol–water partition coefficient (Wildman–Crippen LogP) is 3.64. The van der Waals surface area contributed by atoms with Crippen LogP contribution in [0, 0.1) is 0 Å². The number of aromatic nitrogens is 1. The van der Waals surface area contributed by atoms with E-state index in [2.05, 4.69) is 0 Å². The van der Waals surface area contributed by atoms with Gasteiger partial charge < -0.3 is 20.1 Å². The Bertz CT molecular complexity index is 985. The van der Waals surface area contributed by atoms with Crippen LogP contribution in [-0.4, -0.2) is 43.8 Å². The van der Waals surface area contributed by atoms with Crippen LogP contribution in [0.4, 0.5) is 4.79 Å². The Hall–Kier alpha value is -2.83. The maximum atomic E-state index is 12.6. The van der Waals surface area contributed by atoms with Crippen LogP contribution in [0.1, 0.15) is 31.9 Å². The lowest BCUT2D eigenvalue weighted by Gasteiger charge is -2.19. The van der Waals surface area contributed by atoms with Crippen molar-refractivity contribution in [2.45, 2.75) is 51.4 Å². The molecule has 0 aliphatic heterocycles. The normalized spacial score (nSPS) is 14.0. The van der Waals surface area contributed by atoms with E-state index >= 15 is 0 Å². The molecule has 6 heteroatoms. The van der Waals surface area contributed by atoms with Gasteiger partial charge in [-0.15, -0.1) is 0 Å². The summed E-state index contributed by atoms with van der Waals surface area (Å²) in [6.07, 6.45) is -0.374. The fourth-order valence-corrected chi connectivity index (χ4v) is 3.25. The number of aliphatic hydroxyl groups excluding tert-OH is 2. The highest BCUT2D eigenvalue weighted by molar-refractivity contribution is 5.92. The summed E-state index contributed by atoms with van der Waals surface area (Å²) in [5.74, 6) is 0.152. The van der Waals surface area contributed by atoms with Crippen LogP contribution >= 0.6 is 0 Å². The summed E-state index contributed by atoms with van der Waals surface area (Å²) < 4.78 is 6.92. The van der Waals surface area contributed by atoms with Gasteiger partial charge in [-0.2, -0.15) is 0 Å². The van der Waals surface area contributed by atoms with Gasteiger partial charge in [0.25, 0.3) is 0 Å². The largest absolute Gasteiger partial charge is 0.508 e. The van der Waals surface area contributed by atoms with Gasteiger partial charge in [0.2, 0.25) is 0 Å². The lowest BCUT2D eigenvalue weighted by atomic mass is 9.98. The number of ether oxygens (including phenoxy) is 1. The zero-order chi connectivity index (χ0) is 21.2. The number of hydrogen-bond acceptors (Lipinski definition) is 5. The van der Waals surface area contributed by atoms with Crippen molar-refractivity contribution in [3.8, 4) is 5.75 Å². The van der Waals surface area contributed by atoms with Crippen molar-refractivity contribution in [1.82, 2.24) is 4.57 Å². The Morgan fingerprint density at radius 2 is 1.62 bits per heavy atom. The summed E-state index contributed by atoms with van der Waals surface area (Å²) in [5, 5.41) is 31.2. The Balaban J connectivity index is 1.80. The lowest BCUT2D eigenvalue weighted by Crippen LogP contribution is -2.30. The van der Waals surface area contributed by atoms with Crippen LogP contribution in [0.2, 0.25) is 0 Å². The van der Waals surface area contributed by atoms with Crippen LogP contribution in [-0.2, 0) is 17.6 Å². The molecule has 0 radical (unpaired) electrons. The Kier molecular flexibility index (Phi) is 5.96. The van der Waals surface area contributed by atoms with E-state index in [0.29, 0.717) is 5.52 Å². The fraction of sp³-hybridized carbons (Fsp3) is 0.348. The maximum absolute atomic E-state index is 12.6. The van der Waals surface area contributed by atoms with Crippen molar-refractivity contribution in [1.29, 1.82) is 0 Å². The molecule has 0 fully saturated rings. The number of phenolic OH excluding ortho intramolecular Hbond substituents is 1. The minimum atomic E-state index is -1.01. The third-order valence-corrected chi connectivity index (χ3v) is 4.64.